The van der Waals surface area contributed by atoms with Gasteiger partial charge in [-0.15, -0.1) is 0 Å². The van der Waals surface area contributed by atoms with Gasteiger partial charge in [0.25, 0.3) is 0 Å². The highest BCUT2D eigenvalue weighted by Gasteiger charge is 2.73. The summed E-state index contributed by atoms with van der Waals surface area (Å²) in [6.07, 6.45) is 1.74. The molecular formula is C21H25Cl2N3O. The molecule has 2 aliphatic carbocycles. The van der Waals surface area contributed by atoms with Crippen LogP contribution in [0.4, 0.5) is 0 Å². The number of carbonyl (C=O) groups excluding carboxylic acids is 1. The largest absolute Gasteiger partial charge is 0.342 e. The van der Waals surface area contributed by atoms with Crippen molar-refractivity contribution in [2.75, 3.05) is 13.1 Å². The standard InChI is InChI=1S/C21H25Cl2N3O/c1-6-26(7-2)18(27)21-9-8-20(5,19(21,3)4)16-17(21)25-15-11-13(23)12(22)10-14(15)24-16/h10-11H,6-9H2,1-5H3. The van der Waals surface area contributed by atoms with Gasteiger partial charge in [0.1, 0.15) is 0 Å². The monoisotopic (exact) mass is 405 g/mol. The first kappa shape index (κ1) is 18.9. The number of hydrogen-bond acceptors (Lipinski definition) is 3. The first-order valence-corrected chi connectivity index (χ1v) is 10.4. The van der Waals surface area contributed by atoms with Crippen molar-refractivity contribution in [3.05, 3.63) is 33.6 Å². The minimum absolute atomic E-state index is 0.175. The molecule has 0 saturated heterocycles. The van der Waals surface area contributed by atoms with E-state index >= 15 is 0 Å². The van der Waals surface area contributed by atoms with Gasteiger partial charge in [0, 0.05) is 18.5 Å². The summed E-state index contributed by atoms with van der Waals surface area (Å²) in [4.78, 5) is 25.7. The molecule has 1 fully saturated rings. The van der Waals surface area contributed by atoms with Gasteiger partial charge in [-0.2, -0.15) is 0 Å². The van der Waals surface area contributed by atoms with E-state index in [9.17, 15) is 4.79 Å². The second-order valence-electron chi connectivity index (χ2n) is 8.52. The van der Waals surface area contributed by atoms with Crippen molar-refractivity contribution in [2.45, 2.75) is 58.3 Å². The SMILES string of the molecule is CCN(CC)C(=O)C12CCC(C)(c3nc4cc(Cl)c(Cl)cc4nc31)C2(C)C. The number of halogens is 2. The fourth-order valence-corrected chi connectivity index (χ4v) is 5.67. The zero-order chi connectivity index (χ0) is 19.8. The number of aromatic nitrogens is 2. The van der Waals surface area contributed by atoms with Crippen LogP contribution in [0.1, 0.15) is 58.8 Å². The smallest absolute Gasteiger partial charge is 0.235 e. The highest BCUT2D eigenvalue weighted by atomic mass is 35.5. The Morgan fingerprint density at radius 3 is 2.04 bits per heavy atom. The Morgan fingerprint density at radius 1 is 1.00 bits per heavy atom. The molecule has 1 aromatic carbocycles. The quantitative estimate of drug-likeness (QED) is 0.710. The molecular weight excluding hydrogens is 381 g/mol. The lowest BCUT2D eigenvalue weighted by molar-refractivity contribution is -0.141. The summed E-state index contributed by atoms with van der Waals surface area (Å²) in [5.74, 6) is 0.175. The van der Waals surface area contributed by atoms with Crippen molar-refractivity contribution in [2.24, 2.45) is 5.41 Å². The van der Waals surface area contributed by atoms with Crippen molar-refractivity contribution in [3.8, 4) is 0 Å². The zero-order valence-corrected chi connectivity index (χ0v) is 18.0. The lowest BCUT2D eigenvalue weighted by Crippen LogP contribution is -2.52. The molecule has 2 aliphatic rings. The number of nitrogens with zero attached hydrogens (tertiary/aromatic N) is 3. The third-order valence-corrected chi connectivity index (χ3v) is 8.22. The zero-order valence-electron chi connectivity index (χ0n) is 16.5. The second-order valence-corrected chi connectivity index (χ2v) is 9.33. The number of amides is 1. The van der Waals surface area contributed by atoms with Crippen molar-refractivity contribution in [1.29, 1.82) is 0 Å². The molecule has 2 atom stereocenters. The van der Waals surface area contributed by atoms with Gasteiger partial charge in [-0.1, -0.05) is 44.0 Å². The van der Waals surface area contributed by atoms with Gasteiger partial charge in [-0.25, -0.2) is 9.97 Å². The molecule has 27 heavy (non-hydrogen) atoms. The summed E-state index contributed by atoms with van der Waals surface area (Å²) < 4.78 is 0. The molecule has 1 heterocycles. The van der Waals surface area contributed by atoms with E-state index < -0.39 is 5.41 Å². The predicted molar refractivity (Wildman–Crippen MR) is 110 cm³/mol. The van der Waals surface area contributed by atoms with Crippen molar-refractivity contribution >= 4 is 40.1 Å². The fraction of sp³-hybridized carbons (Fsp3) is 0.571. The molecule has 0 radical (unpaired) electrons. The Labute approximate surface area is 170 Å². The minimum atomic E-state index is -0.642. The lowest BCUT2D eigenvalue weighted by Gasteiger charge is -2.41. The van der Waals surface area contributed by atoms with Crippen LogP contribution in [-0.4, -0.2) is 33.9 Å². The van der Waals surface area contributed by atoms with Crippen molar-refractivity contribution in [3.63, 3.8) is 0 Å². The Kier molecular flexibility index (Phi) is 4.07. The number of fused-ring (bicyclic) bond motifs is 6. The molecule has 2 unspecified atom stereocenters. The number of benzene rings is 1. The van der Waals surface area contributed by atoms with Gasteiger partial charge >= 0.3 is 0 Å². The molecule has 1 amide bonds. The third kappa shape index (κ3) is 2.09. The number of rotatable bonds is 3. The number of hydrogen-bond donors (Lipinski definition) is 0. The maximum atomic E-state index is 13.8. The molecule has 6 heteroatoms. The predicted octanol–water partition coefficient (Wildman–Crippen LogP) is 5.13. The topological polar surface area (TPSA) is 46.1 Å². The summed E-state index contributed by atoms with van der Waals surface area (Å²) in [7, 11) is 0. The molecule has 144 valence electrons. The van der Waals surface area contributed by atoms with Gasteiger partial charge in [0.2, 0.25) is 5.91 Å². The van der Waals surface area contributed by atoms with E-state index in [0.29, 0.717) is 28.7 Å². The van der Waals surface area contributed by atoms with Crippen molar-refractivity contribution in [1.82, 2.24) is 14.9 Å². The highest BCUT2D eigenvalue weighted by molar-refractivity contribution is 6.42. The van der Waals surface area contributed by atoms with Gasteiger partial charge < -0.3 is 4.90 Å². The van der Waals surface area contributed by atoms with Crippen LogP contribution in [0.5, 0.6) is 0 Å². The van der Waals surface area contributed by atoms with Crippen LogP contribution in [0.2, 0.25) is 10.0 Å². The average Bonchev–Trinajstić information content (AvgIpc) is 2.91. The van der Waals surface area contributed by atoms with Gasteiger partial charge in [0.05, 0.1) is 37.9 Å². The van der Waals surface area contributed by atoms with E-state index in [1.54, 1.807) is 12.1 Å². The Bertz CT molecular complexity index is 970. The summed E-state index contributed by atoms with van der Waals surface area (Å²) in [6, 6.07) is 3.52. The van der Waals surface area contributed by atoms with Crippen LogP contribution >= 0.6 is 23.2 Å². The van der Waals surface area contributed by atoms with Gasteiger partial charge in [-0.05, 0) is 44.2 Å². The second kappa shape index (κ2) is 5.81. The summed E-state index contributed by atoms with van der Waals surface area (Å²) >= 11 is 12.4. The summed E-state index contributed by atoms with van der Waals surface area (Å²) in [5.41, 5.74) is 2.11. The van der Waals surface area contributed by atoms with Crippen LogP contribution in [0, 0.1) is 5.41 Å². The van der Waals surface area contributed by atoms with Crippen LogP contribution in [0.3, 0.4) is 0 Å². The third-order valence-electron chi connectivity index (χ3n) is 7.50. The van der Waals surface area contributed by atoms with Crippen LogP contribution in [0.15, 0.2) is 12.1 Å². The molecule has 0 N–H and O–H groups in total. The lowest BCUT2D eigenvalue weighted by atomic mass is 9.63. The molecule has 0 aliphatic heterocycles. The first-order chi connectivity index (χ1) is 12.6. The Hall–Kier alpha value is -1.39. The highest BCUT2D eigenvalue weighted by Crippen LogP contribution is 2.70. The maximum absolute atomic E-state index is 13.8. The van der Waals surface area contributed by atoms with E-state index in [2.05, 4.69) is 20.8 Å². The molecule has 4 rings (SSSR count). The van der Waals surface area contributed by atoms with Gasteiger partial charge in [-0.3, -0.25) is 4.79 Å². The van der Waals surface area contributed by atoms with Crippen molar-refractivity contribution < 1.29 is 4.79 Å². The van der Waals surface area contributed by atoms with E-state index in [1.165, 1.54) is 0 Å². The molecule has 4 nitrogen and oxygen atoms in total. The first-order valence-electron chi connectivity index (χ1n) is 9.61. The number of carbonyl (C=O) groups is 1. The number of likely N-dealkylation sites (N-methyl/N-ethyl adjacent to an activating group) is 1. The Morgan fingerprint density at radius 2 is 1.52 bits per heavy atom. The van der Waals surface area contributed by atoms with Crippen LogP contribution in [0.25, 0.3) is 11.0 Å². The van der Waals surface area contributed by atoms with E-state index in [4.69, 9.17) is 33.2 Å². The van der Waals surface area contributed by atoms with E-state index in [-0.39, 0.29) is 16.7 Å². The average molecular weight is 406 g/mol. The molecule has 2 bridgehead atoms. The maximum Gasteiger partial charge on any atom is 0.235 e. The normalized spacial score (nSPS) is 27.8. The molecule has 0 spiro atoms. The summed E-state index contributed by atoms with van der Waals surface area (Å²) in [5, 5.41) is 0.927. The van der Waals surface area contributed by atoms with E-state index in [0.717, 1.165) is 29.7 Å². The molecule has 1 saturated carbocycles. The van der Waals surface area contributed by atoms with Gasteiger partial charge in [0.15, 0.2) is 0 Å². The molecule has 1 aromatic heterocycles. The van der Waals surface area contributed by atoms with Crippen LogP contribution in [-0.2, 0) is 15.6 Å². The minimum Gasteiger partial charge on any atom is -0.342 e. The van der Waals surface area contributed by atoms with E-state index in [1.807, 2.05) is 18.7 Å². The Balaban J connectivity index is 2.04. The van der Waals surface area contributed by atoms with Crippen LogP contribution < -0.4 is 0 Å². The fourth-order valence-electron chi connectivity index (χ4n) is 5.35. The summed E-state index contributed by atoms with van der Waals surface area (Å²) in [6.45, 7) is 12.1. The molecule has 2 aromatic rings.